The number of carbonyl (C=O) groups is 1. The number of aromatic amines is 2. The highest BCUT2D eigenvalue weighted by Crippen LogP contribution is 2.22. The molecule has 2 saturated heterocycles. The summed E-state index contributed by atoms with van der Waals surface area (Å²) in [5, 5.41) is 10.0. The lowest BCUT2D eigenvalue weighted by atomic mass is 10.1. The van der Waals surface area contributed by atoms with E-state index in [-0.39, 0.29) is 5.91 Å². The highest BCUT2D eigenvalue weighted by Gasteiger charge is 2.28. The van der Waals surface area contributed by atoms with E-state index in [2.05, 4.69) is 35.3 Å². The van der Waals surface area contributed by atoms with Crippen LogP contribution in [0.3, 0.4) is 0 Å². The summed E-state index contributed by atoms with van der Waals surface area (Å²) in [5.41, 5.74) is 4.28. The fourth-order valence-corrected chi connectivity index (χ4v) is 4.38. The maximum Gasteiger partial charge on any atom is 0.256 e. The number of carbonyl (C=O) groups excluding carboxylic acids is 1. The molecule has 0 unspecified atom stereocenters. The number of nitrogens with one attached hydrogen (secondary N) is 3. The molecule has 0 spiro atoms. The number of hydrogen-bond acceptors (Lipinski definition) is 6. The topological polar surface area (TPSA) is 102 Å². The highest BCUT2D eigenvalue weighted by atomic mass is 16.5. The highest BCUT2D eigenvalue weighted by molar-refractivity contribution is 6.04. The van der Waals surface area contributed by atoms with Crippen LogP contribution in [0, 0.1) is 0 Å². The van der Waals surface area contributed by atoms with Gasteiger partial charge in [-0.15, -0.1) is 0 Å². The summed E-state index contributed by atoms with van der Waals surface area (Å²) >= 11 is 0. The fourth-order valence-electron chi connectivity index (χ4n) is 4.38. The fraction of sp³-hybridized carbons (Fsp3) is 0.292. The van der Waals surface area contributed by atoms with E-state index in [0.29, 0.717) is 28.9 Å². The van der Waals surface area contributed by atoms with Gasteiger partial charge >= 0.3 is 0 Å². The van der Waals surface area contributed by atoms with Crippen molar-refractivity contribution in [1.82, 2.24) is 25.1 Å². The Hall–Kier alpha value is -3.69. The second-order valence-electron chi connectivity index (χ2n) is 8.48. The van der Waals surface area contributed by atoms with E-state index in [1.807, 2.05) is 48.5 Å². The minimum Gasteiger partial charge on any atom is -0.378 e. The van der Waals surface area contributed by atoms with E-state index < -0.39 is 0 Å². The summed E-state index contributed by atoms with van der Waals surface area (Å²) in [4.78, 5) is 25.4. The van der Waals surface area contributed by atoms with Crippen LogP contribution in [-0.4, -0.2) is 76.4 Å². The lowest BCUT2D eigenvalue weighted by Crippen LogP contribution is -2.56. The Labute approximate surface area is 190 Å². The number of amides is 1. The van der Waals surface area contributed by atoms with Crippen molar-refractivity contribution in [3.05, 3.63) is 60.2 Å². The summed E-state index contributed by atoms with van der Waals surface area (Å²) < 4.78 is 5.31. The van der Waals surface area contributed by atoms with Gasteiger partial charge in [-0.05, 0) is 36.4 Å². The van der Waals surface area contributed by atoms with E-state index in [1.165, 1.54) is 0 Å². The van der Waals surface area contributed by atoms with Crippen molar-refractivity contribution >= 4 is 28.4 Å². The predicted octanol–water partition coefficient (Wildman–Crippen LogP) is 2.73. The summed E-state index contributed by atoms with van der Waals surface area (Å²) in [5.74, 6) is 0.938. The first-order valence-corrected chi connectivity index (χ1v) is 11.2. The second-order valence-corrected chi connectivity index (χ2v) is 8.48. The number of anilines is 2. The number of nitrogens with zero attached hydrogens (tertiary/aromatic N) is 4. The largest absolute Gasteiger partial charge is 0.378 e. The first-order chi connectivity index (χ1) is 16.2. The molecule has 9 heteroatoms. The van der Waals surface area contributed by atoms with Crippen molar-refractivity contribution < 1.29 is 9.53 Å². The van der Waals surface area contributed by atoms with Gasteiger partial charge in [0, 0.05) is 43.5 Å². The van der Waals surface area contributed by atoms with Gasteiger partial charge in [-0.2, -0.15) is 5.10 Å². The Balaban J connectivity index is 1.08. The molecule has 2 fully saturated rings. The zero-order valence-electron chi connectivity index (χ0n) is 18.1. The van der Waals surface area contributed by atoms with Crippen LogP contribution in [0.25, 0.3) is 22.6 Å². The second kappa shape index (κ2) is 8.34. The van der Waals surface area contributed by atoms with Gasteiger partial charge in [-0.1, -0.05) is 12.1 Å². The number of benzene rings is 2. The molecule has 1 amide bonds. The maximum absolute atomic E-state index is 12.7. The zero-order chi connectivity index (χ0) is 22.2. The van der Waals surface area contributed by atoms with Crippen LogP contribution in [0.2, 0.25) is 0 Å². The average Bonchev–Trinajstić information content (AvgIpc) is 3.45. The molecule has 9 nitrogen and oxygen atoms in total. The predicted molar refractivity (Wildman–Crippen MR) is 126 cm³/mol. The average molecular weight is 444 g/mol. The number of fused-ring (bicyclic) bond motifs is 1. The van der Waals surface area contributed by atoms with Crippen molar-refractivity contribution in [2.24, 2.45) is 0 Å². The van der Waals surface area contributed by atoms with Crippen molar-refractivity contribution in [3.8, 4) is 11.5 Å². The van der Waals surface area contributed by atoms with Gasteiger partial charge in [0.15, 0.2) is 11.6 Å². The van der Waals surface area contributed by atoms with Gasteiger partial charge < -0.3 is 19.9 Å². The Kier molecular flexibility index (Phi) is 5.04. The molecule has 2 aromatic carbocycles. The number of rotatable bonds is 5. The van der Waals surface area contributed by atoms with Gasteiger partial charge in [0.1, 0.15) is 5.69 Å². The molecular weight excluding hydrogens is 418 g/mol. The maximum atomic E-state index is 12.7. The monoisotopic (exact) mass is 443 g/mol. The molecule has 2 aliphatic rings. The molecule has 0 bridgehead atoms. The van der Waals surface area contributed by atoms with Crippen molar-refractivity contribution in [2.45, 2.75) is 6.04 Å². The van der Waals surface area contributed by atoms with Gasteiger partial charge in [0.05, 0.1) is 30.3 Å². The molecule has 0 aliphatic carbocycles. The standard InChI is InChI=1S/C24H25N7O2/c32-24(27-22-13-21(28-29-22)23-25-19-3-1-2-4-20(19)26-23)16-5-7-17(8-6-16)30-9-11-31(12-10-30)18-14-33-15-18/h1-8,13,18H,9-12,14-15H2,(H,25,26)(H2,27,28,29,32). The molecule has 4 aromatic rings. The van der Waals surface area contributed by atoms with E-state index in [0.717, 1.165) is 56.1 Å². The Bertz CT molecular complexity index is 1230. The molecule has 2 aliphatic heterocycles. The number of hydrogen-bond donors (Lipinski definition) is 3. The lowest BCUT2D eigenvalue weighted by molar-refractivity contribution is -0.0660. The van der Waals surface area contributed by atoms with E-state index in [9.17, 15) is 4.79 Å². The zero-order valence-corrected chi connectivity index (χ0v) is 18.1. The lowest BCUT2D eigenvalue weighted by Gasteiger charge is -2.43. The molecule has 168 valence electrons. The van der Waals surface area contributed by atoms with E-state index >= 15 is 0 Å². The molecule has 4 heterocycles. The Morgan fingerprint density at radius 3 is 2.55 bits per heavy atom. The van der Waals surface area contributed by atoms with E-state index in [1.54, 1.807) is 6.07 Å². The first-order valence-electron chi connectivity index (χ1n) is 11.2. The van der Waals surface area contributed by atoms with Crippen LogP contribution in [0.15, 0.2) is 54.6 Å². The summed E-state index contributed by atoms with van der Waals surface area (Å²) in [6.07, 6.45) is 0. The third-order valence-corrected chi connectivity index (χ3v) is 6.41. The molecule has 0 atom stereocenters. The molecule has 2 aromatic heterocycles. The quantitative estimate of drug-likeness (QED) is 0.438. The van der Waals surface area contributed by atoms with Crippen molar-refractivity contribution in [1.29, 1.82) is 0 Å². The Morgan fingerprint density at radius 1 is 1.03 bits per heavy atom. The number of imidazole rings is 1. The van der Waals surface area contributed by atoms with Gasteiger partial charge in [-0.25, -0.2) is 4.98 Å². The van der Waals surface area contributed by atoms with Gasteiger partial charge in [0.2, 0.25) is 0 Å². The molecule has 0 radical (unpaired) electrons. The van der Waals surface area contributed by atoms with Crippen molar-refractivity contribution in [2.75, 3.05) is 49.6 Å². The number of aromatic nitrogens is 4. The van der Waals surface area contributed by atoms with Crippen LogP contribution in [0.1, 0.15) is 10.4 Å². The number of ether oxygens (including phenoxy) is 1. The van der Waals surface area contributed by atoms with Crippen molar-refractivity contribution in [3.63, 3.8) is 0 Å². The van der Waals surface area contributed by atoms with Gasteiger partial charge in [0.25, 0.3) is 5.91 Å². The van der Waals surface area contributed by atoms with Crippen LogP contribution >= 0.6 is 0 Å². The first kappa shape index (κ1) is 20.0. The molecule has 6 rings (SSSR count). The molecule has 3 N–H and O–H groups in total. The Morgan fingerprint density at radius 2 is 1.82 bits per heavy atom. The SMILES string of the molecule is O=C(Nc1cc(-c2nc3ccccc3[nH]2)[nH]n1)c1ccc(N2CCN(C3COC3)CC2)cc1. The number of piperazine rings is 1. The minimum absolute atomic E-state index is 0.195. The van der Waals surface area contributed by atoms with Crippen LogP contribution in [0.4, 0.5) is 11.5 Å². The third-order valence-electron chi connectivity index (χ3n) is 6.41. The summed E-state index contributed by atoms with van der Waals surface area (Å²) in [6, 6.07) is 17.9. The molecular formula is C24H25N7O2. The summed E-state index contributed by atoms with van der Waals surface area (Å²) in [6.45, 7) is 5.78. The van der Waals surface area contributed by atoms with Crippen LogP contribution < -0.4 is 10.2 Å². The smallest absolute Gasteiger partial charge is 0.256 e. The van der Waals surface area contributed by atoms with E-state index in [4.69, 9.17) is 4.74 Å². The number of H-pyrrole nitrogens is 2. The number of para-hydroxylation sites is 2. The molecule has 33 heavy (non-hydrogen) atoms. The van der Waals surface area contributed by atoms with Gasteiger partial charge in [-0.3, -0.25) is 14.8 Å². The van der Waals surface area contributed by atoms with Crippen LogP contribution in [-0.2, 0) is 4.74 Å². The van der Waals surface area contributed by atoms with Crippen LogP contribution in [0.5, 0.6) is 0 Å². The third kappa shape index (κ3) is 3.96. The summed E-state index contributed by atoms with van der Waals surface area (Å²) in [7, 11) is 0. The normalized spacial score (nSPS) is 17.3. The minimum atomic E-state index is -0.195. The molecule has 0 saturated carbocycles.